The summed E-state index contributed by atoms with van der Waals surface area (Å²) in [5, 5.41) is 3.38. The molecule has 1 aromatic carbocycles. The van der Waals surface area contributed by atoms with Crippen molar-refractivity contribution < 1.29 is 18.4 Å². The van der Waals surface area contributed by atoms with E-state index in [1.807, 2.05) is 37.5 Å². The molecule has 156 valence electrons. The second-order valence-electron chi connectivity index (χ2n) is 6.32. The predicted octanol–water partition coefficient (Wildman–Crippen LogP) is 3.41. The third kappa shape index (κ3) is 5.69. The van der Waals surface area contributed by atoms with E-state index in [1.165, 1.54) is 12.4 Å². The molecule has 0 radical (unpaired) electrons. The summed E-state index contributed by atoms with van der Waals surface area (Å²) in [5.74, 6) is -2.00. The van der Waals surface area contributed by atoms with Crippen LogP contribution in [0.4, 0.5) is 14.7 Å². The molecule has 1 saturated carbocycles. The number of anilines is 1. The standard InChI is InChI=1S/C18H19F2N5O2.C2H6/c19-14(20)16(27)25-24-15(26)12-10-21-17(22-11-12)23-18(8-4-5-9-18)13-6-2-1-3-7-13;1-2/h1-3,6-7,10-11,14H,4-5,8-9H2,(H,24,26)(H,25,27)(H,21,22,23);1-2H3. The van der Waals surface area contributed by atoms with Gasteiger partial charge in [0.25, 0.3) is 5.91 Å². The number of alkyl halides is 2. The molecule has 29 heavy (non-hydrogen) atoms. The molecule has 3 rings (SSSR count). The third-order valence-electron chi connectivity index (χ3n) is 4.55. The zero-order chi connectivity index (χ0) is 21.3. The highest BCUT2D eigenvalue weighted by Crippen LogP contribution is 2.40. The lowest BCUT2D eigenvalue weighted by molar-refractivity contribution is -0.132. The molecule has 0 atom stereocenters. The number of hydrogen-bond acceptors (Lipinski definition) is 5. The molecule has 1 heterocycles. The summed E-state index contributed by atoms with van der Waals surface area (Å²) in [7, 11) is 0. The van der Waals surface area contributed by atoms with Crippen LogP contribution >= 0.6 is 0 Å². The van der Waals surface area contributed by atoms with E-state index in [2.05, 4.69) is 27.4 Å². The fourth-order valence-corrected chi connectivity index (χ4v) is 3.19. The molecule has 1 aliphatic carbocycles. The Morgan fingerprint density at radius 2 is 1.59 bits per heavy atom. The van der Waals surface area contributed by atoms with Crippen LogP contribution < -0.4 is 16.2 Å². The molecule has 0 unspecified atom stereocenters. The van der Waals surface area contributed by atoms with E-state index in [0.29, 0.717) is 5.95 Å². The van der Waals surface area contributed by atoms with E-state index in [4.69, 9.17) is 0 Å². The van der Waals surface area contributed by atoms with Crippen LogP contribution in [0.15, 0.2) is 42.7 Å². The van der Waals surface area contributed by atoms with Crippen LogP contribution in [-0.4, -0.2) is 28.2 Å². The smallest absolute Gasteiger partial charge is 0.317 e. The first-order valence-corrected chi connectivity index (χ1v) is 9.54. The molecular weight excluding hydrogens is 380 g/mol. The lowest BCUT2D eigenvalue weighted by Crippen LogP contribution is -2.44. The summed E-state index contributed by atoms with van der Waals surface area (Å²) in [4.78, 5) is 30.9. The van der Waals surface area contributed by atoms with Gasteiger partial charge >= 0.3 is 12.3 Å². The summed E-state index contributed by atoms with van der Waals surface area (Å²) in [6.07, 6.45) is 3.40. The number of rotatable bonds is 5. The van der Waals surface area contributed by atoms with Crippen LogP contribution in [0.3, 0.4) is 0 Å². The highest BCUT2D eigenvalue weighted by atomic mass is 19.3. The van der Waals surface area contributed by atoms with Gasteiger partial charge < -0.3 is 5.32 Å². The van der Waals surface area contributed by atoms with Crippen LogP contribution in [0.25, 0.3) is 0 Å². The highest BCUT2D eigenvalue weighted by molar-refractivity contribution is 5.95. The Labute approximate surface area is 168 Å². The van der Waals surface area contributed by atoms with Crippen molar-refractivity contribution in [2.75, 3.05) is 5.32 Å². The summed E-state index contributed by atoms with van der Waals surface area (Å²) in [6, 6.07) is 10.1. The first kappa shape index (κ1) is 22.2. The number of aromatic nitrogens is 2. The van der Waals surface area contributed by atoms with E-state index in [0.717, 1.165) is 31.2 Å². The quantitative estimate of drug-likeness (QED) is 0.663. The molecule has 1 aliphatic rings. The Morgan fingerprint density at radius 1 is 1.00 bits per heavy atom. The Kier molecular flexibility index (Phi) is 7.99. The summed E-state index contributed by atoms with van der Waals surface area (Å²) >= 11 is 0. The Bertz CT molecular complexity index is 794. The minimum absolute atomic E-state index is 0.0373. The minimum atomic E-state index is -3.21. The molecule has 3 N–H and O–H groups in total. The van der Waals surface area contributed by atoms with E-state index >= 15 is 0 Å². The van der Waals surface area contributed by atoms with E-state index in [1.54, 1.807) is 5.43 Å². The number of amides is 2. The number of nitrogens with zero attached hydrogens (tertiary/aromatic N) is 2. The minimum Gasteiger partial charge on any atom is -0.345 e. The van der Waals surface area contributed by atoms with Crippen molar-refractivity contribution >= 4 is 17.8 Å². The largest absolute Gasteiger partial charge is 0.345 e. The van der Waals surface area contributed by atoms with Gasteiger partial charge in [-0.05, 0) is 18.4 Å². The van der Waals surface area contributed by atoms with Gasteiger partial charge in [-0.15, -0.1) is 0 Å². The predicted molar refractivity (Wildman–Crippen MR) is 105 cm³/mol. The number of halogens is 2. The molecule has 7 nitrogen and oxygen atoms in total. The molecule has 0 spiro atoms. The number of nitrogens with one attached hydrogen (secondary N) is 3. The molecule has 1 aromatic heterocycles. The van der Waals surface area contributed by atoms with E-state index in [-0.39, 0.29) is 11.1 Å². The van der Waals surface area contributed by atoms with Gasteiger partial charge in [0.1, 0.15) is 0 Å². The van der Waals surface area contributed by atoms with Crippen molar-refractivity contribution in [3.8, 4) is 0 Å². The van der Waals surface area contributed by atoms with Crippen LogP contribution in [0, 0.1) is 0 Å². The zero-order valence-electron chi connectivity index (χ0n) is 16.4. The molecule has 0 aliphatic heterocycles. The summed E-state index contributed by atoms with van der Waals surface area (Å²) < 4.78 is 24.2. The second kappa shape index (κ2) is 10.4. The normalized spacial score (nSPS) is 14.5. The Morgan fingerprint density at radius 3 is 2.14 bits per heavy atom. The van der Waals surface area contributed by atoms with Crippen molar-refractivity contribution in [3.05, 3.63) is 53.9 Å². The highest BCUT2D eigenvalue weighted by Gasteiger charge is 2.36. The lowest BCUT2D eigenvalue weighted by atomic mass is 9.88. The molecule has 2 aromatic rings. The average Bonchev–Trinajstić information content (AvgIpc) is 3.24. The van der Waals surface area contributed by atoms with Gasteiger partial charge in [-0.25, -0.2) is 9.97 Å². The fraction of sp³-hybridized carbons (Fsp3) is 0.400. The van der Waals surface area contributed by atoms with Gasteiger partial charge in [0.15, 0.2) is 0 Å². The van der Waals surface area contributed by atoms with Gasteiger partial charge in [-0.2, -0.15) is 8.78 Å². The molecule has 1 fully saturated rings. The Balaban J connectivity index is 0.00000145. The van der Waals surface area contributed by atoms with Gasteiger partial charge in [0, 0.05) is 12.4 Å². The molecule has 2 amide bonds. The van der Waals surface area contributed by atoms with Crippen molar-refractivity contribution in [1.82, 2.24) is 20.8 Å². The maximum absolute atomic E-state index is 12.1. The van der Waals surface area contributed by atoms with Crippen molar-refractivity contribution in [2.24, 2.45) is 0 Å². The van der Waals surface area contributed by atoms with Gasteiger partial charge in [0.2, 0.25) is 5.95 Å². The maximum atomic E-state index is 12.1. The second-order valence-corrected chi connectivity index (χ2v) is 6.32. The lowest BCUT2D eigenvalue weighted by Gasteiger charge is -2.31. The van der Waals surface area contributed by atoms with Gasteiger partial charge in [0.05, 0.1) is 11.1 Å². The van der Waals surface area contributed by atoms with Crippen LogP contribution in [0.1, 0.15) is 55.5 Å². The van der Waals surface area contributed by atoms with Crippen LogP contribution in [-0.2, 0) is 10.3 Å². The van der Waals surface area contributed by atoms with Crippen molar-refractivity contribution in [1.29, 1.82) is 0 Å². The third-order valence-corrected chi connectivity index (χ3v) is 4.55. The monoisotopic (exact) mass is 405 g/mol. The number of hydrogen-bond donors (Lipinski definition) is 3. The number of carbonyl (C=O) groups is 2. The molecule has 9 heteroatoms. The first-order valence-electron chi connectivity index (χ1n) is 9.54. The Hall–Kier alpha value is -3.10. The molecular formula is C20H25F2N5O2. The van der Waals surface area contributed by atoms with Crippen LogP contribution in [0.2, 0.25) is 0 Å². The molecule has 0 bridgehead atoms. The fourth-order valence-electron chi connectivity index (χ4n) is 3.19. The van der Waals surface area contributed by atoms with Gasteiger partial charge in [-0.3, -0.25) is 20.4 Å². The number of hydrazine groups is 1. The zero-order valence-corrected chi connectivity index (χ0v) is 16.4. The molecule has 0 saturated heterocycles. The maximum Gasteiger partial charge on any atom is 0.317 e. The topological polar surface area (TPSA) is 96.0 Å². The van der Waals surface area contributed by atoms with Crippen LogP contribution in [0.5, 0.6) is 0 Å². The number of carbonyl (C=O) groups excluding carboxylic acids is 2. The summed E-state index contributed by atoms with van der Waals surface area (Å²) in [6.45, 7) is 4.00. The summed E-state index contributed by atoms with van der Waals surface area (Å²) in [5.41, 5.74) is 4.45. The van der Waals surface area contributed by atoms with E-state index < -0.39 is 18.2 Å². The van der Waals surface area contributed by atoms with Crippen molar-refractivity contribution in [2.45, 2.75) is 51.5 Å². The SMILES string of the molecule is CC.O=C(NNC(=O)C(F)F)c1cnc(NC2(c3ccccc3)CCCC2)nc1. The van der Waals surface area contributed by atoms with Crippen molar-refractivity contribution in [3.63, 3.8) is 0 Å². The first-order chi connectivity index (χ1) is 14.0. The number of benzene rings is 1. The average molecular weight is 405 g/mol. The van der Waals surface area contributed by atoms with Gasteiger partial charge in [-0.1, -0.05) is 57.0 Å². The van der Waals surface area contributed by atoms with E-state index in [9.17, 15) is 18.4 Å².